The number of hydrogen-bond donors (Lipinski definition) is 0. The lowest BCUT2D eigenvalue weighted by molar-refractivity contribution is -0.152. The average Bonchev–Trinajstić information content (AvgIpc) is 3.13. The molecule has 11 heteroatoms. The van der Waals surface area contributed by atoms with E-state index in [1.807, 2.05) is 0 Å². The van der Waals surface area contributed by atoms with E-state index in [0.29, 0.717) is 17.2 Å². The van der Waals surface area contributed by atoms with Crippen molar-refractivity contribution >= 4 is 32.4 Å². The maximum Gasteiger partial charge on any atom is 0.450 e. The van der Waals surface area contributed by atoms with Gasteiger partial charge < -0.3 is 9.15 Å². The van der Waals surface area contributed by atoms with Crippen molar-refractivity contribution in [1.29, 1.82) is 0 Å². The molecule has 6 nitrogen and oxygen atoms in total. The van der Waals surface area contributed by atoms with Crippen LogP contribution in [0.4, 0.5) is 13.2 Å². The molecule has 1 fully saturated rings. The lowest BCUT2D eigenvalue weighted by Gasteiger charge is -2.33. The highest BCUT2D eigenvalue weighted by Gasteiger charge is 2.41. The second-order valence-electron chi connectivity index (χ2n) is 8.14. The average molecular weight is 500 g/mol. The van der Waals surface area contributed by atoms with Crippen LogP contribution in [-0.2, 0) is 22.6 Å². The van der Waals surface area contributed by atoms with E-state index in [2.05, 4.69) is 0 Å². The monoisotopic (exact) mass is 499 g/mol. The van der Waals surface area contributed by atoms with Gasteiger partial charge in [-0.25, -0.2) is 8.42 Å². The lowest BCUT2D eigenvalue weighted by atomic mass is 9.99. The molecule has 2 aliphatic heterocycles. The van der Waals surface area contributed by atoms with E-state index in [1.54, 1.807) is 4.90 Å². The standard InChI is InChI=1S/C22H17ClF3NO5S/c23-13-3-1-12(2-4-13)18-19(28)15-5-6-17-16(20(15)32-21(18)22(24,25)26)9-27(11-31-17)14-7-8-33(29,30)10-14/h1-6,14H,7-11H2. The van der Waals surface area contributed by atoms with E-state index in [-0.39, 0.29) is 52.9 Å². The van der Waals surface area contributed by atoms with E-state index in [1.165, 1.54) is 36.4 Å². The van der Waals surface area contributed by atoms with Crippen LogP contribution >= 0.6 is 11.6 Å². The van der Waals surface area contributed by atoms with Crippen molar-refractivity contribution < 1.29 is 30.7 Å². The number of halogens is 4. The summed E-state index contributed by atoms with van der Waals surface area (Å²) in [5.74, 6) is -1.10. The van der Waals surface area contributed by atoms with Crippen molar-refractivity contribution in [2.45, 2.75) is 25.2 Å². The van der Waals surface area contributed by atoms with E-state index in [0.717, 1.165) is 0 Å². The minimum atomic E-state index is -4.93. The largest absolute Gasteiger partial charge is 0.478 e. The van der Waals surface area contributed by atoms with Crippen molar-refractivity contribution in [3.8, 4) is 16.9 Å². The normalized spacial score (nSPS) is 20.5. The number of sulfone groups is 1. The fourth-order valence-electron chi connectivity index (χ4n) is 4.36. The highest BCUT2D eigenvalue weighted by atomic mass is 35.5. The second-order valence-corrected chi connectivity index (χ2v) is 10.8. The van der Waals surface area contributed by atoms with Gasteiger partial charge >= 0.3 is 6.18 Å². The number of rotatable bonds is 2. The zero-order chi connectivity index (χ0) is 23.5. The Kier molecular flexibility index (Phi) is 5.22. The Bertz CT molecular complexity index is 1420. The van der Waals surface area contributed by atoms with Crippen LogP contribution < -0.4 is 10.2 Å². The first-order valence-corrected chi connectivity index (χ1v) is 12.3. The third kappa shape index (κ3) is 4.00. The van der Waals surface area contributed by atoms with E-state index >= 15 is 0 Å². The first-order chi connectivity index (χ1) is 15.5. The summed E-state index contributed by atoms with van der Waals surface area (Å²) in [4.78, 5) is 15.0. The number of fused-ring (bicyclic) bond motifs is 3. The van der Waals surface area contributed by atoms with Gasteiger partial charge in [0.25, 0.3) is 0 Å². The van der Waals surface area contributed by atoms with Crippen LogP contribution in [-0.4, -0.2) is 37.6 Å². The van der Waals surface area contributed by atoms with Gasteiger partial charge in [-0.15, -0.1) is 0 Å². The van der Waals surface area contributed by atoms with Crippen LogP contribution in [0.25, 0.3) is 22.1 Å². The summed E-state index contributed by atoms with van der Waals surface area (Å²) in [6.45, 7) is 0.200. The van der Waals surface area contributed by atoms with Gasteiger partial charge in [0.2, 0.25) is 11.2 Å². The van der Waals surface area contributed by atoms with Gasteiger partial charge in [0.05, 0.1) is 28.0 Å². The Hall–Kier alpha value is -2.56. The number of alkyl halides is 3. The van der Waals surface area contributed by atoms with Gasteiger partial charge in [-0.1, -0.05) is 23.7 Å². The van der Waals surface area contributed by atoms with Crippen molar-refractivity contribution in [3.63, 3.8) is 0 Å². The molecule has 0 N–H and O–H groups in total. The molecule has 0 amide bonds. The molecule has 2 aromatic carbocycles. The summed E-state index contributed by atoms with van der Waals surface area (Å²) >= 11 is 5.85. The summed E-state index contributed by atoms with van der Waals surface area (Å²) in [5, 5.41) is 0.300. The van der Waals surface area contributed by atoms with Gasteiger partial charge in [-0.3, -0.25) is 9.69 Å². The van der Waals surface area contributed by atoms with E-state index in [4.69, 9.17) is 20.8 Å². The smallest absolute Gasteiger partial charge is 0.450 e. The summed E-state index contributed by atoms with van der Waals surface area (Å²) in [5.41, 5.74) is -1.31. The fraction of sp³-hybridized carbons (Fsp3) is 0.318. The van der Waals surface area contributed by atoms with Crippen LogP contribution in [0.2, 0.25) is 5.02 Å². The maximum atomic E-state index is 14.0. The molecule has 33 heavy (non-hydrogen) atoms. The molecule has 0 saturated carbocycles. The van der Waals surface area contributed by atoms with Gasteiger partial charge in [-0.2, -0.15) is 13.2 Å². The molecule has 3 heterocycles. The van der Waals surface area contributed by atoms with Crippen molar-refractivity contribution in [3.05, 3.63) is 63.0 Å². The molecular weight excluding hydrogens is 483 g/mol. The number of benzene rings is 2. The third-order valence-corrected chi connectivity index (χ3v) is 7.98. The molecule has 174 valence electrons. The summed E-state index contributed by atoms with van der Waals surface area (Å²) < 4.78 is 76.8. The highest BCUT2D eigenvalue weighted by molar-refractivity contribution is 7.91. The molecule has 2 aliphatic rings. The second kappa shape index (κ2) is 7.75. The first kappa shape index (κ1) is 22.2. The Morgan fingerprint density at radius 1 is 1.09 bits per heavy atom. The van der Waals surface area contributed by atoms with Gasteiger partial charge in [0, 0.05) is 17.6 Å². The Labute approximate surface area is 191 Å². The molecule has 1 atom stereocenters. The zero-order valence-corrected chi connectivity index (χ0v) is 18.6. The molecular formula is C22H17ClF3NO5S. The van der Waals surface area contributed by atoms with Crippen LogP contribution in [0.5, 0.6) is 5.75 Å². The molecule has 1 unspecified atom stereocenters. The van der Waals surface area contributed by atoms with Gasteiger partial charge in [-0.05, 0) is 36.2 Å². The van der Waals surface area contributed by atoms with E-state index < -0.39 is 32.8 Å². The Morgan fingerprint density at radius 2 is 1.82 bits per heavy atom. The van der Waals surface area contributed by atoms with Crippen molar-refractivity contribution in [2.75, 3.05) is 18.2 Å². The zero-order valence-electron chi connectivity index (χ0n) is 17.0. The molecule has 0 radical (unpaired) electrons. The molecule has 0 spiro atoms. The van der Waals surface area contributed by atoms with Crippen LogP contribution in [0.1, 0.15) is 17.7 Å². The predicted octanol–water partition coefficient (Wildman–Crippen LogP) is 4.47. The first-order valence-electron chi connectivity index (χ1n) is 10.1. The third-order valence-electron chi connectivity index (χ3n) is 5.98. The van der Waals surface area contributed by atoms with Crippen LogP contribution in [0, 0.1) is 0 Å². The van der Waals surface area contributed by atoms with Crippen molar-refractivity contribution in [2.24, 2.45) is 0 Å². The SMILES string of the molecule is O=c1c(-c2ccc(Cl)cc2)c(C(F)(F)F)oc2c3c(ccc12)OCN(C1CCS(=O)(=O)C1)C3. The summed E-state index contributed by atoms with van der Waals surface area (Å²) in [6, 6.07) is 8.05. The molecule has 0 bridgehead atoms. The van der Waals surface area contributed by atoms with Gasteiger partial charge in [0.15, 0.2) is 9.84 Å². The molecule has 1 aromatic heterocycles. The van der Waals surface area contributed by atoms with E-state index in [9.17, 15) is 26.4 Å². The summed E-state index contributed by atoms with van der Waals surface area (Å²) in [7, 11) is -3.17. The lowest BCUT2D eigenvalue weighted by Crippen LogP contribution is -2.41. The number of ether oxygens (including phenoxy) is 1. The topological polar surface area (TPSA) is 76.8 Å². The summed E-state index contributed by atoms with van der Waals surface area (Å²) in [6.07, 6.45) is -4.52. The maximum absolute atomic E-state index is 14.0. The Morgan fingerprint density at radius 3 is 2.45 bits per heavy atom. The molecule has 1 saturated heterocycles. The number of nitrogens with zero attached hydrogens (tertiary/aromatic N) is 1. The predicted molar refractivity (Wildman–Crippen MR) is 116 cm³/mol. The fourth-order valence-corrected chi connectivity index (χ4v) is 6.25. The number of hydrogen-bond acceptors (Lipinski definition) is 6. The quantitative estimate of drug-likeness (QED) is 0.518. The molecule has 0 aliphatic carbocycles. The minimum Gasteiger partial charge on any atom is -0.478 e. The van der Waals surface area contributed by atoms with Crippen molar-refractivity contribution in [1.82, 2.24) is 4.90 Å². The van der Waals surface area contributed by atoms with Gasteiger partial charge in [0.1, 0.15) is 18.1 Å². The molecule has 3 aromatic rings. The van der Waals surface area contributed by atoms with Crippen LogP contribution in [0.3, 0.4) is 0 Å². The highest BCUT2D eigenvalue weighted by Crippen LogP contribution is 2.40. The van der Waals surface area contributed by atoms with Crippen LogP contribution in [0.15, 0.2) is 45.6 Å². The minimum absolute atomic E-state index is 0.0174. The molecule has 5 rings (SSSR count). The Balaban J connectivity index is 1.68.